The molecule has 0 atom stereocenters. The number of nitrogens with zero attached hydrogens (tertiary/aromatic N) is 3. The van der Waals surface area contributed by atoms with Crippen molar-refractivity contribution in [3.05, 3.63) is 57.4 Å². The van der Waals surface area contributed by atoms with E-state index in [1.54, 1.807) is 30.1 Å². The van der Waals surface area contributed by atoms with Gasteiger partial charge in [-0.1, -0.05) is 25.4 Å². The molecule has 0 aliphatic rings. The summed E-state index contributed by atoms with van der Waals surface area (Å²) in [5.41, 5.74) is 4.13. The normalized spacial score (nSPS) is 10.3. The summed E-state index contributed by atoms with van der Waals surface area (Å²) >= 11 is 5.91. The summed E-state index contributed by atoms with van der Waals surface area (Å²) in [6, 6.07) is 5.52. The number of aromatic nitrogens is 3. The number of fused-ring (bicyclic) bond motifs is 1. The molecule has 3 aromatic heterocycles. The molecule has 0 N–H and O–H groups in total. The van der Waals surface area contributed by atoms with E-state index in [0.29, 0.717) is 10.7 Å². The van der Waals surface area contributed by atoms with Crippen molar-refractivity contribution in [1.29, 1.82) is 0 Å². The number of rotatable bonds is 1. The van der Waals surface area contributed by atoms with Gasteiger partial charge in [0.15, 0.2) is 0 Å². The molecular formula is C18H20ClN3O. The zero-order valence-electron chi connectivity index (χ0n) is 14.0. The average Bonchev–Trinajstić information content (AvgIpc) is 2.54. The van der Waals surface area contributed by atoms with Crippen LogP contribution < -0.4 is 5.56 Å². The minimum atomic E-state index is -0.0708. The Labute approximate surface area is 140 Å². The Hall–Kier alpha value is -2.20. The lowest BCUT2D eigenvalue weighted by atomic mass is 10.0. The monoisotopic (exact) mass is 329 g/mol. The molecule has 0 aliphatic carbocycles. The second kappa shape index (κ2) is 6.92. The van der Waals surface area contributed by atoms with Gasteiger partial charge in [-0.25, -0.2) is 4.98 Å². The molecule has 3 heterocycles. The second-order valence-electron chi connectivity index (χ2n) is 5.13. The number of hydrogen-bond acceptors (Lipinski definition) is 3. The largest absolute Gasteiger partial charge is 0.311 e. The second-order valence-corrected chi connectivity index (χ2v) is 5.52. The van der Waals surface area contributed by atoms with Gasteiger partial charge in [-0.05, 0) is 37.6 Å². The van der Waals surface area contributed by atoms with Crippen molar-refractivity contribution in [2.45, 2.75) is 27.7 Å². The Kier molecular flexibility index (Phi) is 5.16. The van der Waals surface area contributed by atoms with Gasteiger partial charge < -0.3 is 4.57 Å². The average molecular weight is 330 g/mol. The molecule has 0 saturated heterocycles. The van der Waals surface area contributed by atoms with E-state index in [1.165, 1.54) is 0 Å². The molecule has 23 heavy (non-hydrogen) atoms. The van der Waals surface area contributed by atoms with Crippen LogP contribution in [0.1, 0.15) is 25.1 Å². The number of aryl methyl sites for hydroxylation is 3. The number of halogens is 1. The molecule has 5 heteroatoms. The summed E-state index contributed by atoms with van der Waals surface area (Å²) in [7, 11) is 1.74. The molecule has 0 aliphatic heterocycles. The number of pyridine rings is 3. The lowest BCUT2D eigenvalue weighted by molar-refractivity contribution is 0.906. The van der Waals surface area contributed by atoms with Gasteiger partial charge in [0.05, 0.1) is 5.52 Å². The predicted octanol–water partition coefficient (Wildman–Crippen LogP) is 4.29. The summed E-state index contributed by atoms with van der Waals surface area (Å²) in [6.45, 7) is 7.91. The minimum Gasteiger partial charge on any atom is -0.311 e. The summed E-state index contributed by atoms with van der Waals surface area (Å²) in [5.74, 6) is 0. The summed E-state index contributed by atoms with van der Waals surface area (Å²) in [6.07, 6.45) is 3.42. The first kappa shape index (κ1) is 17.2. The minimum absolute atomic E-state index is 0.0708. The van der Waals surface area contributed by atoms with Gasteiger partial charge >= 0.3 is 0 Å². The van der Waals surface area contributed by atoms with Crippen molar-refractivity contribution in [1.82, 2.24) is 14.5 Å². The summed E-state index contributed by atoms with van der Waals surface area (Å²) < 4.78 is 1.59. The van der Waals surface area contributed by atoms with Gasteiger partial charge in [0, 0.05) is 41.6 Å². The van der Waals surface area contributed by atoms with Gasteiger partial charge in [-0.3, -0.25) is 9.78 Å². The van der Waals surface area contributed by atoms with Gasteiger partial charge in [0.2, 0.25) is 0 Å². The molecule has 3 rings (SSSR count). The Bertz CT molecular complexity index is 916. The van der Waals surface area contributed by atoms with Crippen molar-refractivity contribution < 1.29 is 0 Å². The molecule has 0 amide bonds. The fourth-order valence-corrected chi connectivity index (χ4v) is 2.66. The topological polar surface area (TPSA) is 47.8 Å². The van der Waals surface area contributed by atoms with Crippen molar-refractivity contribution in [3.63, 3.8) is 0 Å². The number of hydrogen-bond donors (Lipinski definition) is 0. The summed E-state index contributed by atoms with van der Waals surface area (Å²) in [4.78, 5) is 21.0. The van der Waals surface area contributed by atoms with Crippen LogP contribution in [0.15, 0.2) is 35.4 Å². The van der Waals surface area contributed by atoms with Crippen LogP contribution >= 0.6 is 11.6 Å². The Morgan fingerprint density at radius 3 is 2.35 bits per heavy atom. The first-order chi connectivity index (χ1) is 11.0. The fraction of sp³-hybridized carbons (Fsp3) is 0.278. The molecule has 0 unspecified atom stereocenters. The molecule has 0 spiro atoms. The zero-order chi connectivity index (χ0) is 17.1. The molecule has 0 fully saturated rings. The van der Waals surface area contributed by atoms with Crippen LogP contribution in [0.4, 0.5) is 0 Å². The summed E-state index contributed by atoms with van der Waals surface area (Å²) in [5, 5.41) is 1.25. The van der Waals surface area contributed by atoms with E-state index in [1.807, 2.05) is 39.8 Å². The van der Waals surface area contributed by atoms with E-state index >= 15 is 0 Å². The highest BCUT2D eigenvalue weighted by molar-refractivity contribution is 6.30. The van der Waals surface area contributed by atoms with Crippen molar-refractivity contribution >= 4 is 22.5 Å². The lowest BCUT2D eigenvalue weighted by Crippen LogP contribution is -2.19. The molecule has 0 bridgehead atoms. The molecule has 0 aromatic carbocycles. The molecule has 4 nitrogen and oxygen atoms in total. The molecule has 0 radical (unpaired) electrons. The quantitative estimate of drug-likeness (QED) is 0.626. The van der Waals surface area contributed by atoms with Gasteiger partial charge in [-0.15, -0.1) is 0 Å². The van der Waals surface area contributed by atoms with E-state index in [-0.39, 0.29) is 5.56 Å². The molecular weight excluding hydrogens is 310 g/mol. The molecule has 3 aromatic rings. The SMILES string of the molecule is CC.Cc1cc(C)c(-c2cc3cnc(Cl)cc3n(C)c2=O)cn1. The van der Waals surface area contributed by atoms with Crippen LogP contribution in [-0.4, -0.2) is 14.5 Å². The van der Waals surface area contributed by atoms with E-state index in [4.69, 9.17) is 11.6 Å². The highest BCUT2D eigenvalue weighted by Crippen LogP contribution is 2.24. The van der Waals surface area contributed by atoms with Crippen LogP contribution in [0, 0.1) is 13.8 Å². The van der Waals surface area contributed by atoms with Gasteiger partial charge in [0.1, 0.15) is 5.15 Å². The maximum Gasteiger partial charge on any atom is 0.258 e. The third-order valence-corrected chi connectivity index (χ3v) is 3.82. The first-order valence-corrected chi connectivity index (χ1v) is 7.94. The third-order valence-electron chi connectivity index (χ3n) is 3.61. The van der Waals surface area contributed by atoms with E-state index in [9.17, 15) is 4.79 Å². The Morgan fingerprint density at radius 1 is 1.00 bits per heavy atom. The predicted molar refractivity (Wildman–Crippen MR) is 96.0 cm³/mol. The van der Waals surface area contributed by atoms with Crippen LogP contribution in [0.25, 0.3) is 22.0 Å². The van der Waals surface area contributed by atoms with Crippen molar-refractivity contribution in [3.8, 4) is 11.1 Å². The van der Waals surface area contributed by atoms with Crippen molar-refractivity contribution in [2.75, 3.05) is 0 Å². The fourth-order valence-electron chi connectivity index (χ4n) is 2.51. The maximum atomic E-state index is 12.6. The zero-order valence-corrected chi connectivity index (χ0v) is 14.8. The highest BCUT2D eigenvalue weighted by atomic mass is 35.5. The van der Waals surface area contributed by atoms with Crippen LogP contribution in [-0.2, 0) is 7.05 Å². The van der Waals surface area contributed by atoms with E-state index < -0.39 is 0 Å². The molecule has 120 valence electrons. The van der Waals surface area contributed by atoms with Gasteiger partial charge in [0.25, 0.3) is 5.56 Å². The van der Waals surface area contributed by atoms with Crippen LogP contribution in [0.3, 0.4) is 0 Å². The van der Waals surface area contributed by atoms with E-state index in [2.05, 4.69) is 9.97 Å². The van der Waals surface area contributed by atoms with E-state index in [0.717, 1.165) is 27.7 Å². The maximum absolute atomic E-state index is 12.6. The van der Waals surface area contributed by atoms with Gasteiger partial charge in [-0.2, -0.15) is 0 Å². The Balaban J connectivity index is 0.000000924. The first-order valence-electron chi connectivity index (χ1n) is 7.56. The standard InChI is InChI=1S/C16H14ClN3O.C2H6/c1-9-4-10(2)18-8-13(9)12-5-11-7-19-15(17)6-14(11)20(3)16(12)21;1-2/h4-8H,1-3H3;1-2H3. The smallest absolute Gasteiger partial charge is 0.258 e. The third kappa shape index (κ3) is 3.27. The van der Waals surface area contributed by atoms with Crippen LogP contribution in [0.2, 0.25) is 5.15 Å². The lowest BCUT2D eigenvalue weighted by Gasteiger charge is -2.11. The molecule has 0 saturated carbocycles. The van der Waals surface area contributed by atoms with Crippen LogP contribution in [0.5, 0.6) is 0 Å². The Morgan fingerprint density at radius 2 is 1.70 bits per heavy atom. The van der Waals surface area contributed by atoms with Crippen molar-refractivity contribution in [2.24, 2.45) is 7.05 Å². The highest BCUT2D eigenvalue weighted by Gasteiger charge is 2.12.